The molecule has 164 valence electrons. The summed E-state index contributed by atoms with van der Waals surface area (Å²) in [5, 5.41) is 14.9. The highest BCUT2D eigenvalue weighted by atomic mass is 79.9. The van der Waals surface area contributed by atoms with E-state index in [-0.39, 0.29) is 27.5 Å². The molecule has 0 aromatic heterocycles. The number of rotatable bonds is 7. The van der Waals surface area contributed by atoms with E-state index in [1.807, 2.05) is 6.92 Å². The number of halogens is 1. The number of hydrogen-bond donors (Lipinski definition) is 1. The van der Waals surface area contributed by atoms with Crippen molar-refractivity contribution in [2.45, 2.75) is 11.8 Å². The predicted octanol–water partition coefficient (Wildman–Crippen LogP) is 4.20. The fourth-order valence-electron chi connectivity index (χ4n) is 2.61. The van der Waals surface area contributed by atoms with Crippen LogP contribution in [-0.2, 0) is 10.1 Å². The van der Waals surface area contributed by atoms with Crippen LogP contribution in [0.15, 0.2) is 81.2 Å². The summed E-state index contributed by atoms with van der Waals surface area (Å²) in [4.78, 5) is 22.7. The van der Waals surface area contributed by atoms with Crippen LogP contribution in [0.25, 0.3) is 0 Å². The van der Waals surface area contributed by atoms with E-state index in [1.165, 1.54) is 48.7 Å². The van der Waals surface area contributed by atoms with Crippen LogP contribution < -0.4 is 9.61 Å². The number of nitro benzene ring substituents is 1. The molecule has 0 aliphatic rings. The summed E-state index contributed by atoms with van der Waals surface area (Å²) in [7, 11) is -4.10. The fraction of sp³-hybridized carbons (Fsp3) is 0.0476. The van der Waals surface area contributed by atoms with E-state index in [0.717, 1.165) is 5.56 Å². The third-order valence-corrected chi connectivity index (χ3v) is 5.94. The second kappa shape index (κ2) is 9.71. The average molecular weight is 518 g/mol. The molecular formula is C21H16BrN3O6S. The highest BCUT2D eigenvalue weighted by Crippen LogP contribution is 2.25. The largest absolute Gasteiger partial charge is 0.378 e. The second-order valence-corrected chi connectivity index (χ2v) is 8.97. The van der Waals surface area contributed by atoms with E-state index >= 15 is 0 Å². The quantitative estimate of drug-likeness (QED) is 0.216. The van der Waals surface area contributed by atoms with Crippen LogP contribution in [-0.4, -0.2) is 25.5 Å². The maximum Gasteiger partial charge on any atom is 0.339 e. The minimum absolute atomic E-state index is 0.0152. The molecule has 0 heterocycles. The molecule has 11 heteroatoms. The van der Waals surface area contributed by atoms with Gasteiger partial charge in [0.1, 0.15) is 10.5 Å². The molecule has 0 fully saturated rings. The van der Waals surface area contributed by atoms with Crippen molar-refractivity contribution in [3.63, 3.8) is 0 Å². The van der Waals surface area contributed by atoms with Crippen molar-refractivity contribution in [3.05, 3.63) is 98.0 Å². The molecule has 0 aliphatic heterocycles. The number of carbonyl (C=O) groups excluding carboxylic acids is 1. The number of carbonyl (C=O) groups is 1. The van der Waals surface area contributed by atoms with Gasteiger partial charge in [0.2, 0.25) is 0 Å². The molecule has 1 N–H and O–H groups in total. The number of aryl methyl sites for hydroxylation is 1. The van der Waals surface area contributed by atoms with Crippen molar-refractivity contribution in [2.24, 2.45) is 5.10 Å². The molecule has 32 heavy (non-hydrogen) atoms. The lowest BCUT2D eigenvalue weighted by molar-refractivity contribution is -0.385. The zero-order valence-electron chi connectivity index (χ0n) is 16.6. The fourth-order valence-corrected chi connectivity index (χ4v) is 3.95. The second-order valence-electron chi connectivity index (χ2n) is 6.51. The van der Waals surface area contributed by atoms with Gasteiger partial charge in [0.05, 0.1) is 11.1 Å². The van der Waals surface area contributed by atoms with Gasteiger partial charge in [-0.05, 0) is 43.3 Å². The Labute approximate surface area is 192 Å². The first-order valence-corrected chi connectivity index (χ1v) is 11.2. The Morgan fingerprint density at radius 2 is 1.81 bits per heavy atom. The Hall–Kier alpha value is -3.57. The summed E-state index contributed by atoms with van der Waals surface area (Å²) in [6, 6.07) is 16.2. The summed E-state index contributed by atoms with van der Waals surface area (Å²) in [5.41, 5.74) is 2.81. The smallest absolute Gasteiger partial charge is 0.339 e. The van der Waals surface area contributed by atoms with Gasteiger partial charge in [0, 0.05) is 16.1 Å². The maximum atomic E-state index is 12.6. The Morgan fingerprint density at radius 1 is 1.12 bits per heavy atom. The molecule has 3 aromatic carbocycles. The summed E-state index contributed by atoms with van der Waals surface area (Å²) in [6.45, 7) is 1.83. The van der Waals surface area contributed by atoms with Crippen LogP contribution >= 0.6 is 15.9 Å². The normalized spacial score (nSPS) is 11.3. The van der Waals surface area contributed by atoms with Gasteiger partial charge in [0.25, 0.3) is 11.6 Å². The van der Waals surface area contributed by atoms with Gasteiger partial charge in [-0.2, -0.15) is 13.5 Å². The molecule has 0 unspecified atom stereocenters. The molecule has 0 spiro atoms. The molecule has 3 rings (SSSR count). The lowest BCUT2D eigenvalue weighted by atomic mass is 10.2. The summed E-state index contributed by atoms with van der Waals surface area (Å²) < 4.78 is 31.1. The van der Waals surface area contributed by atoms with Gasteiger partial charge in [-0.15, -0.1) is 0 Å². The van der Waals surface area contributed by atoms with E-state index in [4.69, 9.17) is 4.18 Å². The minimum Gasteiger partial charge on any atom is -0.378 e. The van der Waals surface area contributed by atoms with Crippen molar-refractivity contribution < 1.29 is 22.3 Å². The molecule has 9 nitrogen and oxygen atoms in total. The average Bonchev–Trinajstić information content (AvgIpc) is 2.75. The van der Waals surface area contributed by atoms with Gasteiger partial charge in [-0.1, -0.05) is 45.8 Å². The molecule has 0 radical (unpaired) electrons. The lowest BCUT2D eigenvalue weighted by Crippen LogP contribution is -2.19. The number of nitro groups is 1. The topological polar surface area (TPSA) is 128 Å². The zero-order valence-corrected chi connectivity index (χ0v) is 19.0. The van der Waals surface area contributed by atoms with Crippen molar-refractivity contribution in [1.82, 2.24) is 5.43 Å². The van der Waals surface area contributed by atoms with Crippen LogP contribution in [0.2, 0.25) is 0 Å². The van der Waals surface area contributed by atoms with Gasteiger partial charge in [-0.25, -0.2) is 5.43 Å². The molecule has 0 saturated heterocycles. The molecule has 1 amide bonds. The van der Waals surface area contributed by atoms with Gasteiger partial charge < -0.3 is 4.18 Å². The first-order valence-electron chi connectivity index (χ1n) is 9.05. The third kappa shape index (κ3) is 5.56. The first-order chi connectivity index (χ1) is 15.2. The van der Waals surface area contributed by atoms with Crippen molar-refractivity contribution >= 4 is 43.9 Å². The Balaban J connectivity index is 1.83. The third-order valence-electron chi connectivity index (χ3n) is 4.20. The van der Waals surface area contributed by atoms with Crippen LogP contribution in [0.3, 0.4) is 0 Å². The Morgan fingerprint density at radius 3 is 2.50 bits per heavy atom. The van der Waals surface area contributed by atoms with Gasteiger partial charge in [0.15, 0.2) is 5.75 Å². The van der Waals surface area contributed by atoms with E-state index in [2.05, 4.69) is 26.5 Å². The highest BCUT2D eigenvalue weighted by molar-refractivity contribution is 9.10. The van der Waals surface area contributed by atoms with E-state index in [0.29, 0.717) is 4.47 Å². The minimum atomic E-state index is -4.10. The maximum absolute atomic E-state index is 12.6. The Bertz CT molecular complexity index is 1310. The van der Waals surface area contributed by atoms with Crippen molar-refractivity contribution in [3.8, 4) is 5.75 Å². The van der Waals surface area contributed by atoms with Crippen LogP contribution in [0, 0.1) is 17.0 Å². The van der Waals surface area contributed by atoms with Gasteiger partial charge in [-0.3, -0.25) is 14.9 Å². The number of nitrogens with one attached hydrogen (secondary N) is 1. The van der Waals surface area contributed by atoms with E-state index in [1.54, 1.807) is 24.3 Å². The lowest BCUT2D eigenvalue weighted by Gasteiger charge is -2.10. The van der Waals surface area contributed by atoms with Crippen LogP contribution in [0.5, 0.6) is 5.75 Å². The Kier molecular flexibility index (Phi) is 7.01. The molecule has 0 atom stereocenters. The number of nitrogens with zero attached hydrogens (tertiary/aromatic N) is 2. The van der Waals surface area contributed by atoms with Crippen molar-refractivity contribution in [1.29, 1.82) is 0 Å². The van der Waals surface area contributed by atoms with E-state index in [9.17, 15) is 23.3 Å². The molecule has 0 bridgehead atoms. The molecular weight excluding hydrogens is 502 g/mol. The monoisotopic (exact) mass is 517 g/mol. The summed E-state index contributed by atoms with van der Waals surface area (Å²) in [6.07, 6.45) is 1.18. The number of benzene rings is 3. The van der Waals surface area contributed by atoms with Crippen LogP contribution in [0.4, 0.5) is 5.69 Å². The van der Waals surface area contributed by atoms with Crippen LogP contribution in [0.1, 0.15) is 21.5 Å². The number of hydrazone groups is 1. The van der Waals surface area contributed by atoms with Crippen molar-refractivity contribution in [2.75, 3.05) is 0 Å². The predicted molar refractivity (Wildman–Crippen MR) is 121 cm³/mol. The number of amides is 1. The summed E-state index contributed by atoms with van der Waals surface area (Å²) in [5.74, 6) is -0.809. The van der Waals surface area contributed by atoms with E-state index < -0.39 is 20.9 Å². The van der Waals surface area contributed by atoms with Gasteiger partial charge >= 0.3 is 10.1 Å². The molecule has 0 aliphatic carbocycles. The number of hydrogen-bond acceptors (Lipinski definition) is 7. The summed E-state index contributed by atoms with van der Waals surface area (Å²) >= 11 is 3.28. The number of para-hydroxylation sites is 1. The molecule has 0 saturated carbocycles. The standard InChI is InChI=1S/C21H16BrN3O6S/c1-14-6-9-17(10-7-14)32(29,30)31-20-11-8-16(22)12-15(20)13-23-24-21(26)18-4-2-3-5-19(18)25(27)28/h2-13H,1H3,(H,24,26)/b23-13-. The SMILES string of the molecule is Cc1ccc(S(=O)(=O)Oc2ccc(Br)cc2/C=N\NC(=O)c2ccccc2[N+](=O)[O-])cc1. The highest BCUT2D eigenvalue weighted by Gasteiger charge is 2.20. The molecule has 3 aromatic rings. The first kappa shape index (κ1) is 23.1. The zero-order chi connectivity index (χ0) is 23.3.